The zero-order valence-electron chi connectivity index (χ0n) is 10.6. The highest BCUT2D eigenvalue weighted by Crippen LogP contribution is 2.05. The first-order valence-corrected chi connectivity index (χ1v) is 5.84. The summed E-state index contributed by atoms with van der Waals surface area (Å²) in [6, 6.07) is 8.32. The third-order valence-corrected chi connectivity index (χ3v) is 2.87. The topological polar surface area (TPSA) is 29.1 Å². The number of nitrogens with one attached hydrogen (secondary N) is 1. The fourth-order valence-electron chi connectivity index (χ4n) is 1.36. The first-order valence-electron chi connectivity index (χ1n) is 5.84. The molecule has 0 saturated heterocycles. The van der Waals surface area contributed by atoms with Crippen LogP contribution in [0.25, 0.3) is 0 Å². The highest BCUT2D eigenvalue weighted by molar-refractivity contribution is 5.78. The van der Waals surface area contributed by atoms with Gasteiger partial charge in [-0.05, 0) is 25.3 Å². The lowest BCUT2D eigenvalue weighted by molar-refractivity contribution is -0.121. The van der Waals surface area contributed by atoms with Gasteiger partial charge in [0.1, 0.15) is 0 Å². The Labute approximate surface area is 98.1 Å². The summed E-state index contributed by atoms with van der Waals surface area (Å²) in [7, 11) is 0. The van der Waals surface area contributed by atoms with Crippen molar-refractivity contribution in [2.45, 2.75) is 40.2 Å². The molecule has 88 valence electrons. The van der Waals surface area contributed by atoms with Crippen LogP contribution in [0.3, 0.4) is 0 Å². The minimum atomic E-state index is 0.102. The molecule has 0 radical (unpaired) electrons. The number of carbonyl (C=O) groups excluding carboxylic acids is 1. The molecule has 0 aliphatic carbocycles. The molecule has 1 aromatic carbocycles. The number of hydrogen-bond donors (Lipinski definition) is 1. The second-order valence-electron chi connectivity index (χ2n) is 4.76. The van der Waals surface area contributed by atoms with Crippen molar-refractivity contribution in [3.63, 3.8) is 0 Å². The standard InChI is InChI=1S/C14H21NO/c1-10(2)12(4)15-14(16)9-13-7-5-11(3)6-8-13/h5-8,10,12H,9H2,1-4H3,(H,15,16)/t12-/m0/s1. The first-order chi connectivity index (χ1) is 7.49. The van der Waals surface area contributed by atoms with Crippen LogP contribution in [0.15, 0.2) is 24.3 Å². The molecule has 1 amide bonds. The number of aryl methyl sites for hydroxylation is 1. The van der Waals surface area contributed by atoms with Crippen LogP contribution in [-0.4, -0.2) is 11.9 Å². The van der Waals surface area contributed by atoms with Crippen molar-refractivity contribution in [1.29, 1.82) is 0 Å². The third kappa shape index (κ3) is 4.05. The number of amides is 1. The van der Waals surface area contributed by atoms with Crippen LogP contribution in [-0.2, 0) is 11.2 Å². The monoisotopic (exact) mass is 219 g/mol. The minimum Gasteiger partial charge on any atom is -0.353 e. The van der Waals surface area contributed by atoms with Crippen LogP contribution in [0.5, 0.6) is 0 Å². The molecule has 2 heteroatoms. The van der Waals surface area contributed by atoms with E-state index < -0.39 is 0 Å². The smallest absolute Gasteiger partial charge is 0.224 e. The Kier molecular flexibility index (Phi) is 4.53. The van der Waals surface area contributed by atoms with E-state index >= 15 is 0 Å². The van der Waals surface area contributed by atoms with Crippen molar-refractivity contribution in [3.05, 3.63) is 35.4 Å². The van der Waals surface area contributed by atoms with E-state index in [1.807, 2.05) is 38.1 Å². The van der Waals surface area contributed by atoms with Crippen LogP contribution >= 0.6 is 0 Å². The van der Waals surface area contributed by atoms with Crippen LogP contribution in [0.2, 0.25) is 0 Å². The van der Waals surface area contributed by atoms with E-state index in [1.54, 1.807) is 0 Å². The Morgan fingerprint density at radius 1 is 1.19 bits per heavy atom. The molecule has 0 unspecified atom stereocenters. The zero-order chi connectivity index (χ0) is 12.1. The van der Waals surface area contributed by atoms with E-state index in [0.29, 0.717) is 12.3 Å². The van der Waals surface area contributed by atoms with Crippen LogP contribution in [0.4, 0.5) is 0 Å². The van der Waals surface area contributed by atoms with Gasteiger partial charge in [0.15, 0.2) is 0 Å². The summed E-state index contributed by atoms with van der Waals surface area (Å²) in [5.74, 6) is 0.576. The van der Waals surface area contributed by atoms with Crippen molar-refractivity contribution in [1.82, 2.24) is 5.32 Å². The minimum absolute atomic E-state index is 0.102. The van der Waals surface area contributed by atoms with E-state index in [0.717, 1.165) is 5.56 Å². The van der Waals surface area contributed by atoms with Crippen molar-refractivity contribution in [2.75, 3.05) is 0 Å². The molecule has 1 rings (SSSR count). The average molecular weight is 219 g/mol. The molecule has 16 heavy (non-hydrogen) atoms. The van der Waals surface area contributed by atoms with E-state index in [2.05, 4.69) is 19.2 Å². The van der Waals surface area contributed by atoms with Gasteiger partial charge >= 0.3 is 0 Å². The third-order valence-electron chi connectivity index (χ3n) is 2.87. The quantitative estimate of drug-likeness (QED) is 0.829. The fraction of sp³-hybridized carbons (Fsp3) is 0.500. The molecule has 0 aromatic heterocycles. The SMILES string of the molecule is Cc1ccc(CC(=O)N[C@@H](C)C(C)C)cc1. The molecule has 0 saturated carbocycles. The molecule has 0 bridgehead atoms. The Morgan fingerprint density at radius 3 is 2.25 bits per heavy atom. The molecule has 0 heterocycles. The Balaban J connectivity index is 2.48. The lowest BCUT2D eigenvalue weighted by Gasteiger charge is -2.17. The molecule has 1 atom stereocenters. The molecule has 0 aliphatic rings. The maximum Gasteiger partial charge on any atom is 0.224 e. The van der Waals surface area contributed by atoms with Crippen molar-refractivity contribution < 1.29 is 4.79 Å². The summed E-state index contributed by atoms with van der Waals surface area (Å²) in [4.78, 5) is 11.7. The van der Waals surface area contributed by atoms with Crippen molar-refractivity contribution in [2.24, 2.45) is 5.92 Å². The van der Waals surface area contributed by atoms with E-state index in [9.17, 15) is 4.79 Å². The van der Waals surface area contributed by atoms with Crippen molar-refractivity contribution >= 4 is 5.91 Å². The van der Waals surface area contributed by atoms with E-state index in [-0.39, 0.29) is 11.9 Å². The zero-order valence-corrected chi connectivity index (χ0v) is 10.6. The van der Waals surface area contributed by atoms with Gasteiger partial charge in [-0.25, -0.2) is 0 Å². The second-order valence-corrected chi connectivity index (χ2v) is 4.76. The van der Waals surface area contributed by atoms with Gasteiger partial charge in [0, 0.05) is 6.04 Å². The van der Waals surface area contributed by atoms with Crippen LogP contribution < -0.4 is 5.32 Å². The molecule has 2 nitrogen and oxygen atoms in total. The fourth-order valence-corrected chi connectivity index (χ4v) is 1.36. The highest BCUT2D eigenvalue weighted by Gasteiger charge is 2.10. The van der Waals surface area contributed by atoms with Crippen LogP contribution in [0, 0.1) is 12.8 Å². The average Bonchev–Trinajstić information content (AvgIpc) is 2.21. The number of benzene rings is 1. The molecule has 0 spiro atoms. The number of rotatable bonds is 4. The Bertz CT molecular complexity index is 340. The molecular weight excluding hydrogens is 198 g/mol. The van der Waals surface area contributed by atoms with Gasteiger partial charge in [-0.15, -0.1) is 0 Å². The van der Waals surface area contributed by atoms with Gasteiger partial charge in [-0.3, -0.25) is 4.79 Å². The van der Waals surface area contributed by atoms with Gasteiger partial charge in [-0.2, -0.15) is 0 Å². The van der Waals surface area contributed by atoms with E-state index in [4.69, 9.17) is 0 Å². The predicted molar refractivity (Wildman–Crippen MR) is 67.3 cm³/mol. The molecular formula is C14H21NO. The molecule has 1 aromatic rings. The lowest BCUT2D eigenvalue weighted by atomic mass is 10.1. The maximum absolute atomic E-state index is 11.7. The summed E-state index contributed by atoms with van der Waals surface area (Å²) < 4.78 is 0. The Hall–Kier alpha value is -1.31. The highest BCUT2D eigenvalue weighted by atomic mass is 16.1. The van der Waals surface area contributed by atoms with Gasteiger partial charge in [0.05, 0.1) is 6.42 Å². The first kappa shape index (κ1) is 12.8. The normalized spacial score (nSPS) is 12.6. The van der Waals surface area contributed by atoms with Gasteiger partial charge in [-0.1, -0.05) is 43.7 Å². The summed E-state index contributed by atoms with van der Waals surface area (Å²) in [6.07, 6.45) is 0.470. The molecule has 1 N–H and O–H groups in total. The number of hydrogen-bond acceptors (Lipinski definition) is 1. The summed E-state index contributed by atoms with van der Waals surface area (Å²) in [5, 5.41) is 3.00. The predicted octanol–water partition coefficient (Wildman–Crippen LogP) is 2.70. The lowest BCUT2D eigenvalue weighted by Crippen LogP contribution is -2.37. The summed E-state index contributed by atoms with van der Waals surface area (Å²) >= 11 is 0. The molecule has 0 fully saturated rings. The van der Waals surface area contributed by atoms with E-state index in [1.165, 1.54) is 5.56 Å². The van der Waals surface area contributed by atoms with Gasteiger partial charge < -0.3 is 5.32 Å². The van der Waals surface area contributed by atoms with Gasteiger partial charge in [0.2, 0.25) is 5.91 Å². The number of carbonyl (C=O) groups is 1. The van der Waals surface area contributed by atoms with Crippen LogP contribution in [0.1, 0.15) is 31.9 Å². The molecule has 0 aliphatic heterocycles. The second kappa shape index (κ2) is 5.69. The summed E-state index contributed by atoms with van der Waals surface area (Å²) in [5.41, 5.74) is 2.29. The Morgan fingerprint density at radius 2 is 1.75 bits per heavy atom. The van der Waals surface area contributed by atoms with Gasteiger partial charge in [0.25, 0.3) is 0 Å². The largest absolute Gasteiger partial charge is 0.353 e. The summed E-state index contributed by atoms with van der Waals surface area (Å²) in [6.45, 7) is 8.30. The maximum atomic E-state index is 11.7. The van der Waals surface area contributed by atoms with Crippen molar-refractivity contribution in [3.8, 4) is 0 Å².